The number of hydrogen-bond donors (Lipinski definition) is 2. The molecular formula is C18H20N2O3. The highest BCUT2D eigenvalue weighted by Crippen LogP contribution is 2.22. The summed E-state index contributed by atoms with van der Waals surface area (Å²) in [5.41, 5.74) is 1.49. The van der Waals surface area contributed by atoms with Crippen molar-refractivity contribution in [2.75, 3.05) is 30.9 Å². The zero-order valence-electron chi connectivity index (χ0n) is 13.0. The van der Waals surface area contributed by atoms with Gasteiger partial charge in [0.05, 0.1) is 19.3 Å². The summed E-state index contributed by atoms with van der Waals surface area (Å²) >= 11 is 0. The van der Waals surface area contributed by atoms with Crippen molar-refractivity contribution in [1.82, 2.24) is 0 Å². The second-order valence-corrected chi connectivity index (χ2v) is 4.73. The van der Waals surface area contributed by atoms with Crippen LogP contribution >= 0.6 is 0 Å². The van der Waals surface area contributed by atoms with Crippen molar-refractivity contribution in [3.05, 3.63) is 61.2 Å². The molecule has 0 bridgehead atoms. The second kappa shape index (κ2) is 8.48. The number of nitrogens with one attached hydrogen (secondary N) is 2. The predicted molar refractivity (Wildman–Crippen MR) is 92.2 cm³/mol. The van der Waals surface area contributed by atoms with Crippen LogP contribution in [0.3, 0.4) is 0 Å². The second-order valence-electron chi connectivity index (χ2n) is 4.73. The fraction of sp³-hybridized carbons (Fsp3) is 0.167. The molecule has 2 N–H and O–H groups in total. The summed E-state index contributed by atoms with van der Waals surface area (Å²) < 4.78 is 10.6. The number of amides is 1. The Balaban J connectivity index is 1.86. The van der Waals surface area contributed by atoms with E-state index < -0.39 is 0 Å². The van der Waals surface area contributed by atoms with Gasteiger partial charge in [-0.2, -0.15) is 0 Å². The molecule has 0 aliphatic rings. The molecule has 0 saturated carbocycles. The molecule has 1 amide bonds. The van der Waals surface area contributed by atoms with Crippen molar-refractivity contribution in [2.45, 2.75) is 0 Å². The van der Waals surface area contributed by atoms with E-state index in [0.717, 1.165) is 11.4 Å². The van der Waals surface area contributed by atoms with Crippen molar-refractivity contribution >= 4 is 17.3 Å². The standard InChI is InChI=1S/C18H20N2O3/c1-3-12-23-15-10-8-14(9-11-15)20-18(21)13-19-16-6-4-5-7-17(16)22-2/h3-11,19H,1,12-13H2,2H3,(H,20,21). The van der Waals surface area contributed by atoms with Crippen molar-refractivity contribution in [3.8, 4) is 11.5 Å². The van der Waals surface area contributed by atoms with E-state index in [9.17, 15) is 4.79 Å². The molecule has 5 heteroatoms. The van der Waals surface area contributed by atoms with Gasteiger partial charge in [-0.1, -0.05) is 24.8 Å². The summed E-state index contributed by atoms with van der Waals surface area (Å²) in [5.74, 6) is 1.29. The molecule has 5 nitrogen and oxygen atoms in total. The Bertz CT molecular complexity index is 654. The van der Waals surface area contributed by atoms with Crippen LogP contribution < -0.4 is 20.1 Å². The number of rotatable bonds is 8. The lowest BCUT2D eigenvalue weighted by Gasteiger charge is -2.11. The first-order valence-electron chi connectivity index (χ1n) is 7.23. The van der Waals surface area contributed by atoms with Crippen LogP contribution in [0.15, 0.2) is 61.2 Å². The van der Waals surface area contributed by atoms with Crippen molar-refractivity contribution in [3.63, 3.8) is 0 Å². The topological polar surface area (TPSA) is 59.6 Å². The minimum Gasteiger partial charge on any atom is -0.495 e. The molecule has 0 fully saturated rings. The molecule has 120 valence electrons. The molecule has 0 radical (unpaired) electrons. The van der Waals surface area contributed by atoms with E-state index in [0.29, 0.717) is 18.0 Å². The molecule has 0 heterocycles. The van der Waals surface area contributed by atoms with Crippen LogP contribution in [-0.4, -0.2) is 26.2 Å². The number of carbonyl (C=O) groups is 1. The van der Waals surface area contributed by atoms with E-state index in [1.807, 2.05) is 24.3 Å². The molecule has 0 aliphatic heterocycles. The van der Waals surface area contributed by atoms with Crippen LogP contribution in [0.2, 0.25) is 0 Å². The zero-order chi connectivity index (χ0) is 16.5. The average molecular weight is 312 g/mol. The molecule has 2 aromatic carbocycles. The van der Waals surface area contributed by atoms with Crippen molar-refractivity contribution in [2.24, 2.45) is 0 Å². The number of anilines is 2. The lowest BCUT2D eigenvalue weighted by atomic mass is 10.3. The number of benzene rings is 2. The quantitative estimate of drug-likeness (QED) is 0.734. The number of hydrogen-bond acceptors (Lipinski definition) is 4. The van der Waals surface area contributed by atoms with Crippen molar-refractivity contribution in [1.29, 1.82) is 0 Å². The lowest BCUT2D eigenvalue weighted by Crippen LogP contribution is -2.21. The maximum Gasteiger partial charge on any atom is 0.243 e. The van der Waals surface area contributed by atoms with Gasteiger partial charge in [0.2, 0.25) is 5.91 Å². The number of methoxy groups -OCH3 is 1. The van der Waals surface area contributed by atoms with Crippen molar-refractivity contribution < 1.29 is 14.3 Å². The highest BCUT2D eigenvalue weighted by Gasteiger charge is 2.05. The first-order valence-corrected chi connectivity index (χ1v) is 7.23. The Morgan fingerprint density at radius 1 is 1.17 bits per heavy atom. The monoisotopic (exact) mass is 312 g/mol. The van der Waals surface area contributed by atoms with Gasteiger partial charge in [-0.25, -0.2) is 0 Å². The summed E-state index contributed by atoms with van der Waals surface area (Å²) in [4.78, 5) is 12.0. The van der Waals surface area contributed by atoms with E-state index in [4.69, 9.17) is 9.47 Å². The van der Waals surface area contributed by atoms with Gasteiger partial charge in [0, 0.05) is 5.69 Å². The first-order chi connectivity index (χ1) is 11.2. The number of ether oxygens (including phenoxy) is 2. The van der Waals surface area contributed by atoms with Gasteiger partial charge >= 0.3 is 0 Å². The molecule has 2 rings (SSSR count). The molecular weight excluding hydrogens is 292 g/mol. The molecule has 0 aliphatic carbocycles. The third-order valence-corrected chi connectivity index (χ3v) is 3.05. The predicted octanol–water partition coefficient (Wildman–Crippen LogP) is 3.31. The summed E-state index contributed by atoms with van der Waals surface area (Å²) in [6.07, 6.45) is 1.68. The molecule has 0 spiro atoms. The molecule has 0 atom stereocenters. The van der Waals surface area contributed by atoms with E-state index >= 15 is 0 Å². The summed E-state index contributed by atoms with van der Waals surface area (Å²) in [7, 11) is 1.59. The van der Waals surface area contributed by atoms with Gasteiger partial charge in [0.25, 0.3) is 0 Å². The summed E-state index contributed by atoms with van der Waals surface area (Å²) in [6.45, 7) is 4.19. The normalized spacial score (nSPS) is 9.78. The maximum absolute atomic E-state index is 12.0. The van der Waals surface area contributed by atoms with E-state index in [1.165, 1.54) is 0 Å². The number of carbonyl (C=O) groups excluding carboxylic acids is 1. The van der Waals surface area contributed by atoms with E-state index in [2.05, 4.69) is 17.2 Å². The Morgan fingerprint density at radius 2 is 1.91 bits per heavy atom. The van der Waals surface area contributed by atoms with Gasteiger partial charge in [-0.3, -0.25) is 4.79 Å². The Kier molecular flexibility index (Phi) is 6.06. The lowest BCUT2D eigenvalue weighted by molar-refractivity contribution is -0.114. The Hall–Kier alpha value is -2.95. The largest absolute Gasteiger partial charge is 0.495 e. The fourth-order valence-electron chi connectivity index (χ4n) is 1.96. The van der Waals surface area contributed by atoms with E-state index in [1.54, 1.807) is 37.5 Å². The van der Waals surface area contributed by atoms with E-state index in [-0.39, 0.29) is 12.5 Å². The highest BCUT2D eigenvalue weighted by atomic mass is 16.5. The van der Waals surface area contributed by atoms with Gasteiger partial charge in [0.1, 0.15) is 18.1 Å². The minimum absolute atomic E-state index is 0.143. The SMILES string of the molecule is C=CCOc1ccc(NC(=O)CNc2ccccc2OC)cc1. The summed E-state index contributed by atoms with van der Waals surface area (Å²) in [5, 5.41) is 5.87. The number of para-hydroxylation sites is 2. The van der Waals surface area contributed by atoms with Gasteiger partial charge in [-0.05, 0) is 36.4 Å². The third-order valence-electron chi connectivity index (χ3n) is 3.05. The Morgan fingerprint density at radius 3 is 2.61 bits per heavy atom. The molecule has 2 aromatic rings. The first kappa shape index (κ1) is 16.4. The smallest absolute Gasteiger partial charge is 0.243 e. The maximum atomic E-state index is 12.0. The van der Waals surface area contributed by atoms with Gasteiger partial charge in [0.15, 0.2) is 0 Å². The average Bonchev–Trinajstić information content (AvgIpc) is 2.59. The molecule has 23 heavy (non-hydrogen) atoms. The fourth-order valence-corrected chi connectivity index (χ4v) is 1.96. The van der Waals surface area contributed by atoms with Crippen LogP contribution in [-0.2, 0) is 4.79 Å². The van der Waals surface area contributed by atoms with Crippen LogP contribution in [0, 0.1) is 0 Å². The highest BCUT2D eigenvalue weighted by molar-refractivity contribution is 5.94. The van der Waals surface area contributed by atoms with Crippen LogP contribution in [0.5, 0.6) is 11.5 Å². The zero-order valence-corrected chi connectivity index (χ0v) is 13.0. The Labute approximate surface area is 135 Å². The summed E-state index contributed by atoms with van der Waals surface area (Å²) in [6, 6.07) is 14.6. The van der Waals surface area contributed by atoms with Gasteiger partial charge in [-0.15, -0.1) is 0 Å². The molecule has 0 saturated heterocycles. The van der Waals surface area contributed by atoms with Crippen LogP contribution in [0.1, 0.15) is 0 Å². The molecule has 0 unspecified atom stereocenters. The minimum atomic E-state index is -0.143. The molecule has 0 aromatic heterocycles. The van der Waals surface area contributed by atoms with Crippen LogP contribution in [0.25, 0.3) is 0 Å². The van der Waals surface area contributed by atoms with Gasteiger partial charge < -0.3 is 20.1 Å². The third kappa shape index (κ3) is 5.07. The van der Waals surface area contributed by atoms with Crippen LogP contribution in [0.4, 0.5) is 11.4 Å².